The van der Waals surface area contributed by atoms with Crippen LogP contribution in [0.1, 0.15) is 28.9 Å². The van der Waals surface area contributed by atoms with Crippen molar-refractivity contribution >= 4 is 11.9 Å². The molecule has 2 rings (SSSR count). The zero-order valence-corrected chi connectivity index (χ0v) is 10.6. The highest BCUT2D eigenvalue weighted by Crippen LogP contribution is 2.20. The first-order valence-corrected chi connectivity index (χ1v) is 6.00. The molecule has 1 aliphatic rings. The van der Waals surface area contributed by atoms with Gasteiger partial charge in [0.2, 0.25) is 0 Å². The Morgan fingerprint density at radius 2 is 2.11 bits per heavy atom. The lowest BCUT2D eigenvalue weighted by molar-refractivity contribution is -0.146. The molecule has 1 amide bonds. The number of nitrogens with zero attached hydrogens (tertiary/aromatic N) is 2. The maximum absolute atomic E-state index is 12.2. The van der Waals surface area contributed by atoms with Crippen LogP contribution in [0.4, 0.5) is 0 Å². The van der Waals surface area contributed by atoms with E-state index in [0.717, 1.165) is 5.69 Å². The number of carbonyl (C=O) groups is 2. The number of hydrogen-bond acceptors (Lipinski definition) is 4. The molecule has 0 atom stereocenters. The fourth-order valence-corrected chi connectivity index (χ4v) is 2.22. The van der Waals surface area contributed by atoms with E-state index in [1.54, 1.807) is 11.1 Å². The summed E-state index contributed by atoms with van der Waals surface area (Å²) in [6, 6.07) is 0. The zero-order valence-electron chi connectivity index (χ0n) is 10.6. The average Bonchev–Trinajstić information content (AvgIpc) is 2.83. The van der Waals surface area contributed by atoms with Gasteiger partial charge in [0, 0.05) is 18.8 Å². The van der Waals surface area contributed by atoms with Crippen LogP contribution in [0, 0.1) is 12.8 Å². The Morgan fingerprint density at radius 3 is 2.61 bits per heavy atom. The Hall–Kier alpha value is -1.85. The number of ether oxygens (including phenoxy) is 1. The van der Waals surface area contributed by atoms with E-state index < -0.39 is 0 Å². The number of aromatic nitrogens is 2. The largest absolute Gasteiger partial charge is 0.469 e. The third-order valence-corrected chi connectivity index (χ3v) is 3.38. The molecule has 1 fully saturated rings. The lowest BCUT2D eigenvalue weighted by Crippen LogP contribution is -2.40. The van der Waals surface area contributed by atoms with Crippen LogP contribution >= 0.6 is 0 Å². The van der Waals surface area contributed by atoms with Gasteiger partial charge in [-0.2, -0.15) is 5.10 Å². The first-order valence-electron chi connectivity index (χ1n) is 6.00. The van der Waals surface area contributed by atoms with Crippen molar-refractivity contribution in [2.75, 3.05) is 20.2 Å². The maximum Gasteiger partial charge on any atom is 0.308 e. The second-order valence-electron chi connectivity index (χ2n) is 4.50. The number of hydrogen-bond donors (Lipinski definition) is 1. The van der Waals surface area contributed by atoms with E-state index in [2.05, 4.69) is 10.2 Å². The summed E-state index contributed by atoms with van der Waals surface area (Å²) in [5, 5.41) is 6.60. The molecular weight excluding hydrogens is 234 g/mol. The molecule has 0 saturated carbocycles. The topological polar surface area (TPSA) is 75.3 Å². The van der Waals surface area contributed by atoms with Crippen LogP contribution < -0.4 is 0 Å². The van der Waals surface area contributed by atoms with Crippen molar-refractivity contribution in [3.63, 3.8) is 0 Å². The monoisotopic (exact) mass is 251 g/mol. The molecule has 1 aromatic heterocycles. The number of likely N-dealkylation sites (tertiary alicyclic amines) is 1. The van der Waals surface area contributed by atoms with Crippen LogP contribution in [0.5, 0.6) is 0 Å². The summed E-state index contributed by atoms with van der Waals surface area (Å²) in [5.74, 6) is -0.282. The number of nitrogens with one attached hydrogen (secondary N) is 1. The summed E-state index contributed by atoms with van der Waals surface area (Å²) < 4.78 is 4.72. The van der Waals surface area contributed by atoms with Crippen LogP contribution in [-0.2, 0) is 9.53 Å². The maximum atomic E-state index is 12.2. The fourth-order valence-electron chi connectivity index (χ4n) is 2.22. The number of esters is 1. The highest BCUT2D eigenvalue weighted by atomic mass is 16.5. The number of amides is 1. The smallest absolute Gasteiger partial charge is 0.308 e. The van der Waals surface area contributed by atoms with Gasteiger partial charge in [-0.1, -0.05) is 0 Å². The van der Waals surface area contributed by atoms with E-state index in [9.17, 15) is 9.59 Å². The van der Waals surface area contributed by atoms with Gasteiger partial charge in [-0.15, -0.1) is 0 Å². The van der Waals surface area contributed by atoms with E-state index >= 15 is 0 Å². The Balaban J connectivity index is 1.96. The molecule has 98 valence electrons. The zero-order chi connectivity index (χ0) is 13.1. The van der Waals surface area contributed by atoms with E-state index in [0.29, 0.717) is 31.5 Å². The number of aromatic amines is 1. The Labute approximate surface area is 105 Å². The summed E-state index contributed by atoms with van der Waals surface area (Å²) in [6.07, 6.45) is 2.87. The molecule has 0 spiro atoms. The van der Waals surface area contributed by atoms with Crippen molar-refractivity contribution in [1.29, 1.82) is 0 Å². The molecule has 0 aliphatic carbocycles. The molecular formula is C12H17N3O3. The summed E-state index contributed by atoms with van der Waals surface area (Å²) in [6.45, 7) is 2.99. The summed E-state index contributed by atoms with van der Waals surface area (Å²) in [5.41, 5.74) is 1.38. The molecule has 1 aromatic rings. The highest BCUT2D eigenvalue weighted by molar-refractivity contribution is 5.95. The van der Waals surface area contributed by atoms with Crippen molar-refractivity contribution in [3.8, 4) is 0 Å². The van der Waals surface area contributed by atoms with E-state index in [1.807, 2.05) is 6.92 Å². The molecule has 0 unspecified atom stereocenters. The Bertz CT molecular complexity index is 447. The summed E-state index contributed by atoms with van der Waals surface area (Å²) in [4.78, 5) is 25.3. The molecule has 1 N–H and O–H groups in total. The average molecular weight is 251 g/mol. The van der Waals surface area contributed by atoms with Gasteiger partial charge in [-0.3, -0.25) is 14.7 Å². The number of aryl methyl sites for hydroxylation is 1. The van der Waals surface area contributed by atoms with Gasteiger partial charge >= 0.3 is 5.97 Å². The van der Waals surface area contributed by atoms with Crippen LogP contribution in [0.15, 0.2) is 6.20 Å². The normalized spacial score (nSPS) is 16.7. The lowest BCUT2D eigenvalue weighted by atomic mass is 9.96. The molecule has 6 nitrogen and oxygen atoms in total. The van der Waals surface area contributed by atoms with Gasteiger partial charge in [0.1, 0.15) is 0 Å². The number of carbonyl (C=O) groups excluding carboxylic acids is 2. The molecule has 0 radical (unpaired) electrons. The third-order valence-electron chi connectivity index (χ3n) is 3.38. The van der Waals surface area contributed by atoms with Crippen LogP contribution in [0.25, 0.3) is 0 Å². The van der Waals surface area contributed by atoms with Crippen molar-refractivity contribution in [1.82, 2.24) is 15.1 Å². The van der Waals surface area contributed by atoms with E-state index in [1.165, 1.54) is 7.11 Å². The minimum Gasteiger partial charge on any atom is -0.469 e. The minimum absolute atomic E-state index is 0.0236. The van der Waals surface area contributed by atoms with E-state index in [-0.39, 0.29) is 17.8 Å². The van der Waals surface area contributed by atoms with Gasteiger partial charge in [0.05, 0.1) is 24.8 Å². The Kier molecular flexibility index (Phi) is 3.64. The van der Waals surface area contributed by atoms with Gasteiger partial charge in [-0.25, -0.2) is 0 Å². The fraction of sp³-hybridized carbons (Fsp3) is 0.583. The molecule has 6 heteroatoms. The summed E-state index contributed by atoms with van der Waals surface area (Å²) >= 11 is 0. The SMILES string of the molecule is COC(=O)C1CCN(C(=O)c2cn[nH]c2C)CC1. The molecule has 2 heterocycles. The first-order chi connectivity index (χ1) is 8.63. The molecule has 1 aliphatic heterocycles. The molecule has 18 heavy (non-hydrogen) atoms. The van der Waals surface area contributed by atoms with Crippen molar-refractivity contribution in [2.24, 2.45) is 5.92 Å². The standard InChI is InChI=1S/C12H17N3O3/c1-8-10(7-13-14-8)11(16)15-5-3-9(4-6-15)12(17)18-2/h7,9H,3-6H2,1-2H3,(H,13,14). The molecule has 0 aromatic carbocycles. The number of H-pyrrole nitrogens is 1. The number of rotatable bonds is 2. The quantitative estimate of drug-likeness (QED) is 0.787. The minimum atomic E-state index is -0.179. The number of piperidine rings is 1. The second kappa shape index (κ2) is 5.20. The van der Waals surface area contributed by atoms with Gasteiger partial charge < -0.3 is 9.64 Å². The summed E-state index contributed by atoms with van der Waals surface area (Å²) in [7, 11) is 1.40. The lowest BCUT2D eigenvalue weighted by Gasteiger charge is -2.30. The van der Waals surface area contributed by atoms with Crippen molar-refractivity contribution in [2.45, 2.75) is 19.8 Å². The van der Waals surface area contributed by atoms with Crippen LogP contribution in [-0.4, -0.2) is 47.2 Å². The first kappa shape index (κ1) is 12.6. The van der Waals surface area contributed by atoms with Gasteiger partial charge in [0.15, 0.2) is 0 Å². The predicted molar refractivity (Wildman–Crippen MR) is 64.0 cm³/mol. The predicted octanol–water partition coefficient (Wildman–Crippen LogP) is 0.743. The molecule has 0 bridgehead atoms. The Morgan fingerprint density at radius 1 is 1.44 bits per heavy atom. The van der Waals surface area contributed by atoms with Gasteiger partial charge in [-0.05, 0) is 19.8 Å². The van der Waals surface area contributed by atoms with Crippen molar-refractivity contribution < 1.29 is 14.3 Å². The highest BCUT2D eigenvalue weighted by Gasteiger charge is 2.29. The van der Waals surface area contributed by atoms with Crippen LogP contribution in [0.2, 0.25) is 0 Å². The van der Waals surface area contributed by atoms with Crippen molar-refractivity contribution in [3.05, 3.63) is 17.5 Å². The second-order valence-corrected chi connectivity index (χ2v) is 4.50. The van der Waals surface area contributed by atoms with E-state index in [4.69, 9.17) is 4.74 Å². The van der Waals surface area contributed by atoms with Crippen LogP contribution in [0.3, 0.4) is 0 Å². The van der Waals surface area contributed by atoms with Gasteiger partial charge in [0.25, 0.3) is 5.91 Å². The number of methoxy groups -OCH3 is 1. The molecule has 1 saturated heterocycles. The third kappa shape index (κ3) is 2.37.